The predicted molar refractivity (Wildman–Crippen MR) is 86.7 cm³/mol. The zero-order chi connectivity index (χ0) is 14.9. The van der Waals surface area contributed by atoms with Gasteiger partial charge in [-0.25, -0.2) is 0 Å². The highest BCUT2D eigenvalue weighted by Crippen LogP contribution is 2.35. The van der Waals surface area contributed by atoms with Crippen LogP contribution in [0.3, 0.4) is 0 Å². The van der Waals surface area contributed by atoms with E-state index < -0.39 is 0 Å². The Bertz CT molecular complexity index is 612. The molecular weight excluding hydrogens is 260 g/mol. The molecule has 3 N–H and O–H groups in total. The smallest absolute Gasteiger partial charge is 0.0659 e. The number of rotatable bonds is 4. The molecule has 21 heavy (non-hydrogen) atoms. The van der Waals surface area contributed by atoms with E-state index >= 15 is 0 Å². The van der Waals surface area contributed by atoms with Gasteiger partial charge in [0.1, 0.15) is 0 Å². The van der Waals surface area contributed by atoms with Gasteiger partial charge in [-0.3, -0.25) is 21.2 Å². The monoisotopic (exact) mass is 284 g/mol. The van der Waals surface area contributed by atoms with E-state index in [0.717, 1.165) is 18.5 Å². The molecule has 1 atom stereocenters. The van der Waals surface area contributed by atoms with Crippen molar-refractivity contribution in [1.82, 2.24) is 15.3 Å². The third-order valence-corrected chi connectivity index (χ3v) is 4.80. The molecule has 4 nitrogen and oxygen atoms in total. The van der Waals surface area contributed by atoms with Crippen molar-refractivity contribution in [3.05, 3.63) is 42.2 Å². The lowest BCUT2D eigenvalue weighted by Crippen LogP contribution is -2.53. The van der Waals surface area contributed by atoms with Gasteiger partial charge in [-0.1, -0.05) is 24.3 Å². The van der Waals surface area contributed by atoms with Gasteiger partial charge in [0, 0.05) is 23.3 Å². The van der Waals surface area contributed by atoms with Crippen molar-refractivity contribution in [2.45, 2.75) is 38.3 Å². The quantitative estimate of drug-likeness (QED) is 0.669. The molecular formula is C17H24N4. The number of benzene rings is 1. The van der Waals surface area contributed by atoms with E-state index in [1.165, 1.54) is 23.8 Å². The minimum Gasteiger partial charge on any atom is -0.296 e. The Morgan fingerprint density at radius 3 is 2.62 bits per heavy atom. The van der Waals surface area contributed by atoms with Crippen molar-refractivity contribution in [3.63, 3.8) is 0 Å². The number of hydrogen-bond donors (Lipinski definition) is 2. The lowest BCUT2D eigenvalue weighted by atomic mass is 9.86. The largest absolute Gasteiger partial charge is 0.296 e. The maximum atomic E-state index is 5.95. The van der Waals surface area contributed by atoms with Crippen LogP contribution in [-0.2, 0) is 0 Å². The van der Waals surface area contributed by atoms with E-state index in [-0.39, 0.29) is 11.6 Å². The molecule has 2 heterocycles. The molecule has 1 fully saturated rings. The standard InChI is InChI=1S/C17H24N4/c1-17(2,21-9-5-6-10-21)16(20-18)15-12-19-11-13-7-3-4-8-14(13)15/h3-4,7-8,11-12,16,20H,5-6,9-10,18H2,1-2H3. The number of nitrogens with two attached hydrogens (primary N) is 1. The first-order chi connectivity index (χ1) is 10.1. The summed E-state index contributed by atoms with van der Waals surface area (Å²) in [6.07, 6.45) is 6.41. The summed E-state index contributed by atoms with van der Waals surface area (Å²) in [4.78, 5) is 6.93. The molecule has 0 spiro atoms. The summed E-state index contributed by atoms with van der Waals surface area (Å²) in [6.45, 7) is 6.82. The highest BCUT2D eigenvalue weighted by molar-refractivity contribution is 5.85. The Hall–Kier alpha value is -1.49. The zero-order valence-corrected chi connectivity index (χ0v) is 12.8. The first kappa shape index (κ1) is 14.4. The van der Waals surface area contributed by atoms with Crippen LogP contribution in [0.2, 0.25) is 0 Å². The van der Waals surface area contributed by atoms with Crippen LogP contribution in [0.5, 0.6) is 0 Å². The van der Waals surface area contributed by atoms with E-state index in [1.54, 1.807) is 0 Å². The molecule has 2 aromatic rings. The van der Waals surface area contributed by atoms with E-state index in [9.17, 15) is 0 Å². The van der Waals surface area contributed by atoms with Crippen molar-refractivity contribution >= 4 is 10.8 Å². The van der Waals surface area contributed by atoms with E-state index in [2.05, 4.69) is 47.4 Å². The average molecular weight is 284 g/mol. The maximum absolute atomic E-state index is 5.95. The third kappa shape index (κ3) is 2.55. The second kappa shape index (κ2) is 5.72. The summed E-state index contributed by atoms with van der Waals surface area (Å²) in [5.74, 6) is 5.95. The van der Waals surface area contributed by atoms with Gasteiger partial charge < -0.3 is 0 Å². The molecule has 1 unspecified atom stereocenters. The molecule has 1 aliphatic rings. The second-order valence-electron chi connectivity index (χ2n) is 6.40. The molecule has 1 aliphatic heterocycles. The number of hydrazine groups is 1. The Balaban J connectivity index is 2.05. The van der Waals surface area contributed by atoms with Crippen molar-refractivity contribution in [3.8, 4) is 0 Å². The molecule has 4 heteroatoms. The van der Waals surface area contributed by atoms with Gasteiger partial charge in [-0.15, -0.1) is 0 Å². The van der Waals surface area contributed by atoms with Crippen molar-refractivity contribution in [2.24, 2.45) is 5.84 Å². The van der Waals surface area contributed by atoms with Crippen LogP contribution >= 0.6 is 0 Å². The summed E-state index contributed by atoms with van der Waals surface area (Å²) in [6, 6.07) is 8.42. The average Bonchev–Trinajstić information content (AvgIpc) is 3.03. The van der Waals surface area contributed by atoms with Gasteiger partial charge in [0.15, 0.2) is 0 Å². The van der Waals surface area contributed by atoms with Gasteiger partial charge in [-0.05, 0) is 50.7 Å². The SMILES string of the molecule is CC(C)(C(NN)c1cncc2ccccc12)N1CCCC1. The van der Waals surface area contributed by atoms with Crippen LogP contribution in [0.15, 0.2) is 36.7 Å². The lowest BCUT2D eigenvalue weighted by Gasteiger charge is -2.42. The van der Waals surface area contributed by atoms with Gasteiger partial charge in [0.05, 0.1) is 6.04 Å². The number of likely N-dealkylation sites (tertiary alicyclic amines) is 1. The fourth-order valence-corrected chi connectivity index (χ4v) is 3.52. The summed E-state index contributed by atoms with van der Waals surface area (Å²) in [7, 11) is 0. The summed E-state index contributed by atoms with van der Waals surface area (Å²) < 4.78 is 0. The Kier molecular flexibility index (Phi) is 3.93. The maximum Gasteiger partial charge on any atom is 0.0659 e. The van der Waals surface area contributed by atoms with Crippen LogP contribution in [0, 0.1) is 0 Å². The van der Waals surface area contributed by atoms with Crippen molar-refractivity contribution < 1.29 is 0 Å². The Morgan fingerprint density at radius 1 is 1.19 bits per heavy atom. The topological polar surface area (TPSA) is 54.2 Å². The van der Waals surface area contributed by atoms with E-state index in [4.69, 9.17) is 5.84 Å². The molecule has 112 valence electrons. The first-order valence-corrected chi connectivity index (χ1v) is 7.68. The summed E-state index contributed by atoms with van der Waals surface area (Å²) >= 11 is 0. The molecule has 0 radical (unpaired) electrons. The predicted octanol–water partition coefficient (Wildman–Crippen LogP) is 2.61. The van der Waals surface area contributed by atoms with Gasteiger partial charge in [0.25, 0.3) is 0 Å². The van der Waals surface area contributed by atoms with Gasteiger partial charge in [0.2, 0.25) is 0 Å². The number of nitrogens with zero attached hydrogens (tertiary/aromatic N) is 2. The van der Waals surface area contributed by atoms with Crippen LogP contribution in [0.25, 0.3) is 10.8 Å². The zero-order valence-electron chi connectivity index (χ0n) is 12.8. The van der Waals surface area contributed by atoms with E-state index in [0.29, 0.717) is 0 Å². The Morgan fingerprint density at radius 2 is 1.90 bits per heavy atom. The fraction of sp³-hybridized carbons (Fsp3) is 0.471. The molecule has 0 bridgehead atoms. The number of pyridine rings is 1. The summed E-state index contributed by atoms with van der Waals surface area (Å²) in [5.41, 5.74) is 4.18. The molecule has 0 saturated carbocycles. The Labute approximate surface area is 126 Å². The minimum atomic E-state index is -0.0446. The highest BCUT2D eigenvalue weighted by atomic mass is 15.3. The first-order valence-electron chi connectivity index (χ1n) is 7.68. The van der Waals surface area contributed by atoms with Gasteiger partial charge >= 0.3 is 0 Å². The van der Waals surface area contributed by atoms with Crippen LogP contribution in [0.4, 0.5) is 0 Å². The molecule has 3 rings (SSSR count). The number of fused-ring (bicyclic) bond motifs is 1. The second-order valence-corrected chi connectivity index (χ2v) is 6.40. The fourth-order valence-electron chi connectivity index (χ4n) is 3.52. The van der Waals surface area contributed by atoms with Crippen LogP contribution < -0.4 is 11.3 Å². The number of nitrogens with one attached hydrogen (secondary N) is 1. The minimum absolute atomic E-state index is 0.0446. The van der Waals surface area contributed by atoms with E-state index in [1.807, 2.05) is 18.5 Å². The van der Waals surface area contributed by atoms with Crippen molar-refractivity contribution in [1.29, 1.82) is 0 Å². The lowest BCUT2D eigenvalue weighted by molar-refractivity contribution is 0.107. The van der Waals surface area contributed by atoms with Crippen molar-refractivity contribution in [2.75, 3.05) is 13.1 Å². The third-order valence-electron chi connectivity index (χ3n) is 4.80. The molecule has 1 aromatic heterocycles. The summed E-state index contributed by atoms with van der Waals surface area (Å²) in [5, 5.41) is 2.38. The highest BCUT2D eigenvalue weighted by Gasteiger charge is 2.37. The van der Waals surface area contributed by atoms with Crippen LogP contribution in [0.1, 0.15) is 38.3 Å². The molecule has 1 aromatic carbocycles. The van der Waals surface area contributed by atoms with Gasteiger partial charge in [-0.2, -0.15) is 0 Å². The molecule has 1 saturated heterocycles. The van der Waals surface area contributed by atoms with Crippen LogP contribution in [-0.4, -0.2) is 28.5 Å². The molecule has 0 aliphatic carbocycles. The normalized spacial score (nSPS) is 18.2. The number of hydrogen-bond acceptors (Lipinski definition) is 4. The molecule has 0 amide bonds. The number of aromatic nitrogens is 1.